The van der Waals surface area contributed by atoms with Crippen molar-refractivity contribution in [1.29, 1.82) is 0 Å². The maximum absolute atomic E-state index is 13.0. The van der Waals surface area contributed by atoms with Crippen molar-refractivity contribution in [2.75, 3.05) is 5.32 Å². The van der Waals surface area contributed by atoms with Gasteiger partial charge < -0.3 is 5.32 Å². The first-order valence-corrected chi connectivity index (χ1v) is 8.88. The van der Waals surface area contributed by atoms with Gasteiger partial charge in [-0.1, -0.05) is 54.6 Å². The highest BCUT2D eigenvalue weighted by atomic mass is 16.6. The van der Waals surface area contributed by atoms with Gasteiger partial charge in [-0.05, 0) is 36.3 Å². The predicted molar refractivity (Wildman–Crippen MR) is 112 cm³/mol. The Labute approximate surface area is 167 Å². The van der Waals surface area contributed by atoms with Crippen molar-refractivity contribution in [3.63, 3.8) is 0 Å². The van der Waals surface area contributed by atoms with Gasteiger partial charge >= 0.3 is 0 Å². The van der Waals surface area contributed by atoms with Crippen LogP contribution >= 0.6 is 0 Å². The first-order valence-electron chi connectivity index (χ1n) is 8.88. The second kappa shape index (κ2) is 8.75. The van der Waals surface area contributed by atoms with E-state index in [1.807, 2.05) is 6.07 Å². The van der Waals surface area contributed by atoms with Gasteiger partial charge in [0.25, 0.3) is 11.6 Å². The summed E-state index contributed by atoms with van der Waals surface area (Å²) >= 11 is 0. The van der Waals surface area contributed by atoms with Gasteiger partial charge in [-0.3, -0.25) is 19.7 Å². The molecule has 0 atom stereocenters. The Kier molecular flexibility index (Phi) is 5.94. The Morgan fingerprint density at radius 3 is 2.28 bits per heavy atom. The molecule has 3 aromatic carbocycles. The molecule has 1 amide bonds. The van der Waals surface area contributed by atoms with E-state index in [2.05, 4.69) is 5.32 Å². The number of rotatable bonds is 6. The van der Waals surface area contributed by atoms with Gasteiger partial charge in [-0.15, -0.1) is 0 Å². The fourth-order valence-electron chi connectivity index (χ4n) is 2.81. The number of carbonyl (C=O) groups excluding carboxylic acids is 2. The molecular weight excluding hydrogens is 368 g/mol. The van der Waals surface area contributed by atoms with E-state index in [1.165, 1.54) is 19.1 Å². The molecule has 6 heteroatoms. The lowest BCUT2D eigenvalue weighted by molar-refractivity contribution is -0.384. The van der Waals surface area contributed by atoms with Crippen LogP contribution in [0.25, 0.3) is 11.6 Å². The minimum atomic E-state index is -0.479. The van der Waals surface area contributed by atoms with E-state index in [0.29, 0.717) is 28.0 Å². The summed E-state index contributed by atoms with van der Waals surface area (Å²) in [5.74, 6) is -0.486. The maximum atomic E-state index is 13.0. The molecule has 0 fully saturated rings. The number of non-ortho nitro benzene ring substituents is 1. The molecule has 0 unspecified atom stereocenters. The summed E-state index contributed by atoms with van der Waals surface area (Å²) in [5.41, 5.74) is 2.47. The highest BCUT2D eigenvalue weighted by Gasteiger charge is 2.14. The molecule has 0 radical (unpaired) electrons. The summed E-state index contributed by atoms with van der Waals surface area (Å²) in [6, 6.07) is 21.8. The second-order valence-corrected chi connectivity index (χ2v) is 6.37. The summed E-state index contributed by atoms with van der Waals surface area (Å²) in [7, 11) is 0. The quantitative estimate of drug-likeness (QED) is 0.213. The summed E-state index contributed by atoms with van der Waals surface area (Å²) in [4.78, 5) is 35.2. The Morgan fingerprint density at radius 2 is 1.59 bits per heavy atom. The zero-order chi connectivity index (χ0) is 20.8. The van der Waals surface area contributed by atoms with Crippen molar-refractivity contribution in [3.8, 4) is 0 Å². The number of carbonyl (C=O) groups is 2. The molecule has 0 bridgehead atoms. The van der Waals surface area contributed by atoms with Crippen LogP contribution in [-0.4, -0.2) is 16.6 Å². The minimum absolute atomic E-state index is 0.0549. The number of nitro benzene ring substituents is 1. The third-order valence-electron chi connectivity index (χ3n) is 4.25. The average molecular weight is 386 g/mol. The maximum Gasteiger partial charge on any atom is 0.270 e. The van der Waals surface area contributed by atoms with Crippen LogP contribution < -0.4 is 5.32 Å². The first-order chi connectivity index (χ1) is 13.9. The number of nitrogens with zero attached hydrogens (tertiary/aromatic N) is 1. The van der Waals surface area contributed by atoms with Crippen molar-refractivity contribution in [2.24, 2.45) is 0 Å². The SMILES string of the molecule is CC(=O)c1cccc(NC(=O)C(=Cc2cccc([N+](=O)[O-])c2)c2ccccc2)c1. The molecule has 0 aliphatic carbocycles. The molecular formula is C23H18N2O4. The van der Waals surface area contributed by atoms with Crippen molar-refractivity contribution in [3.05, 3.63) is 106 Å². The Balaban J connectivity index is 1.99. The minimum Gasteiger partial charge on any atom is -0.322 e. The topological polar surface area (TPSA) is 89.3 Å². The number of hydrogen-bond acceptors (Lipinski definition) is 4. The third kappa shape index (κ3) is 5.01. The average Bonchev–Trinajstić information content (AvgIpc) is 2.73. The van der Waals surface area contributed by atoms with Gasteiger partial charge in [-0.25, -0.2) is 0 Å². The number of hydrogen-bond donors (Lipinski definition) is 1. The van der Waals surface area contributed by atoms with Gasteiger partial charge in [-0.2, -0.15) is 0 Å². The molecule has 0 aliphatic rings. The molecule has 0 spiro atoms. The number of anilines is 1. The van der Waals surface area contributed by atoms with Crippen molar-refractivity contribution in [2.45, 2.75) is 6.92 Å². The Bertz CT molecular complexity index is 1100. The van der Waals surface area contributed by atoms with Crippen LogP contribution in [-0.2, 0) is 4.79 Å². The van der Waals surface area contributed by atoms with Crippen molar-refractivity contribution in [1.82, 2.24) is 0 Å². The molecule has 144 valence electrons. The highest BCUT2D eigenvalue weighted by molar-refractivity contribution is 6.29. The van der Waals surface area contributed by atoms with Crippen LogP contribution in [0.2, 0.25) is 0 Å². The molecule has 0 saturated heterocycles. The monoisotopic (exact) mass is 386 g/mol. The fraction of sp³-hybridized carbons (Fsp3) is 0.0435. The lowest BCUT2D eigenvalue weighted by Gasteiger charge is -2.10. The third-order valence-corrected chi connectivity index (χ3v) is 4.25. The van der Waals surface area contributed by atoms with E-state index < -0.39 is 4.92 Å². The van der Waals surface area contributed by atoms with Gasteiger partial charge in [0.15, 0.2) is 5.78 Å². The van der Waals surface area contributed by atoms with Crippen molar-refractivity contribution >= 4 is 34.7 Å². The number of Topliss-reactive ketones (excluding diaryl/α,β-unsaturated/α-hetero) is 1. The molecule has 1 N–H and O–H groups in total. The summed E-state index contributed by atoms with van der Waals surface area (Å²) in [6.07, 6.45) is 1.60. The molecule has 0 saturated carbocycles. The van der Waals surface area contributed by atoms with Gasteiger partial charge in [0.2, 0.25) is 0 Å². The second-order valence-electron chi connectivity index (χ2n) is 6.37. The van der Waals surface area contributed by atoms with Crippen LogP contribution in [0.3, 0.4) is 0 Å². The summed E-state index contributed by atoms with van der Waals surface area (Å²) < 4.78 is 0. The largest absolute Gasteiger partial charge is 0.322 e. The van der Waals surface area contributed by atoms with Gasteiger partial charge in [0, 0.05) is 29.0 Å². The van der Waals surface area contributed by atoms with E-state index in [9.17, 15) is 19.7 Å². The van der Waals surface area contributed by atoms with E-state index >= 15 is 0 Å². The molecule has 6 nitrogen and oxygen atoms in total. The fourth-order valence-corrected chi connectivity index (χ4v) is 2.81. The zero-order valence-corrected chi connectivity index (χ0v) is 15.7. The smallest absolute Gasteiger partial charge is 0.270 e. The number of benzene rings is 3. The molecule has 0 aliphatic heterocycles. The van der Waals surface area contributed by atoms with Gasteiger partial charge in [0.1, 0.15) is 0 Å². The highest BCUT2D eigenvalue weighted by Crippen LogP contribution is 2.23. The standard InChI is InChI=1S/C23H18N2O4/c1-16(26)19-10-6-11-20(15-19)24-23(27)22(18-8-3-2-4-9-18)14-17-7-5-12-21(13-17)25(28)29/h2-15H,1H3,(H,24,27). The lowest BCUT2D eigenvalue weighted by atomic mass is 10.0. The van der Waals surface area contributed by atoms with E-state index in [-0.39, 0.29) is 17.4 Å². The predicted octanol–water partition coefficient (Wildman–Crippen LogP) is 4.98. The first kappa shape index (κ1) is 19.7. The van der Waals surface area contributed by atoms with Crippen molar-refractivity contribution < 1.29 is 14.5 Å². The van der Waals surface area contributed by atoms with Crippen LogP contribution in [0.1, 0.15) is 28.4 Å². The zero-order valence-electron chi connectivity index (χ0n) is 15.7. The molecule has 3 rings (SSSR count). The van der Waals surface area contributed by atoms with Gasteiger partial charge in [0.05, 0.1) is 4.92 Å². The molecule has 0 aromatic heterocycles. The summed E-state index contributed by atoms with van der Waals surface area (Å²) in [6.45, 7) is 1.46. The van der Waals surface area contributed by atoms with Crippen LogP contribution in [0.15, 0.2) is 78.9 Å². The number of nitro groups is 1. The van der Waals surface area contributed by atoms with E-state index in [0.717, 1.165) is 0 Å². The van der Waals surface area contributed by atoms with Crippen LogP contribution in [0, 0.1) is 10.1 Å². The molecule has 0 heterocycles. The van der Waals surface area contributed by atoms with Crippen LogP contribution in [0.5, 0.6) is 0 Å². The van der Waals surface area contributed by atoms with Crippen LogP contribution in [0.4, 0.5) is 11.4 Å². The molecule has 29 heavy (non-hydrogen) atoms. The molecule has 3 aromatic rings. The number of nitrogens with one attached hydrogen (secondary N) is 1. The Hall–Kier alpha value is -4.06. The number of amides is 1. The van der Waals surface area contributed by atoms with E-state index in [1.54, 1.807) is 66.7 Å². The summed E-state index contributed by atoms with van der Waals surface area (Å²) in [5, 5.41) is 13.8. The Morgan fingerprint density at radius 1 is 0.897 bits per heavy atom. The number of ketones is 1. The lowest BCUT2D eigenvalue weighted by Crippen LogP contribution is -2.14. The van der Waals surface area contributed by atoms with E-state index in [4.69, 9.17) is 0 Å². The normalized spacial score (nSPS) is 11.0.